The average molecular weight is 250 g/mol. The van der Waals surface area contributed by atoms with Crippen molar-refractivity contribution in [2.45, 2.75) is 13.5 Å². The van der Waals surface area contributed by atoms with Gasteiger partial charge in [0.1, 0.15) is 5.82 Å². The summed E-state index contributed by atoms with van der Waals surface area (Å²) < 4.78 is 13.3. The Bertz CT molecular complexity index is 552. The van der Waals surface area contributed by atoms with Crippen molar-refractivity contribution in [1.29, 1.82) is 0 Å². The molecule has 0 atom stereocenters. The van der Waals surface area contributed by atoms with E-state index in [1.54, 1.807) is 6.07 Å². The Labute approximate surface area is 105 Å². The van der Waals surface area contributed by atoms with E-state index in [-0.39, 0.29) is 5.82 Å². The van der Waals surface area contributed by atoms with Crippen LogP contribution in [0.1, 0.15) is 11.1 Å². The maximum absolute atomic E-state index is 13.3. The molecule has 0 heterocycles. The second kappa shape index (κ2) is 4.86. The van der Waals surface area contributed by atoms with Gasteiger partial charge < -0.3 is 5.73 Å². The van der Waals surface area contributed by atoms with Crippen LogP contribution in [0, 0.1) is 12.7 Å². The highest BCUT2D eigenvalue weighted by molar-refractivity contribution is 6.33. The van der Waals surface area contributed by atoms with Crippen LogP contribution in [-0.4, -0.2) is 0 Å². The Kier molecular flexibility index (Phi) is 3.46. The smallest absolute Gasteiger partial charge is 0.123 e. The summed E-state index contributed by atoms with van der Waals surface area (Å²) in [5.74, 6) is -0.298. The molecule has 0 aliphatic heterocycles. The fourth-order valence-corrected chi connectivity index (χ4v) is 2.08. The molecular formula is C14H13ClFN. The molecule has 0 radical (unpaired) electrons. The predicted molar refractivity (Wildman–Crippen MR) is 69.5 cm³/mol. The lowest BCUT2D eigenvalue weighted by molar-refractivity contribution is 0.628. The van der Waals surface area contributed by atoms with Crippen LogP contribution in [0.2, 0.25) is 5.02 Å². The first-order chi connectivity index (χ1) is 8.11. The van der Waals surface area contributed by atoms with Gasteiger partial charge in [0.25, 0.3) is 0 Å². The summed E-state index contributed by atoms with van der Waals surface area (Å²) in [5, 5.41) is 0.532. The fraction of sp³-hybridized carbons (Fsp3) is 0.143. The molecule has 2 aromatic rings. The van der Waals surface area contributed by atoms with Crippen LogP contribution in [0.5, 0.6) is 0 Å². The van der Waals surface area contributed by atoms with Crippen molar-refractivity contribution < 1.29 is 4.39 Å². The number of benzene rings is 2. The molecule has 2 N–H and O–H groups in total. The first-order valence-electron chi connectivity index (χ1n) is 5.37. The van der Waals surface area contributed by atoms with Crippen molar-refractivity contribution in [2.24, 2.45) is 5.73 Å². The van der Waals surface area contributed by atoms with E-state index < -0.39 is 0 Å². The minimum Gasteiger partial charge on any atom is -0.326 e. The van der Waals surface area contributed by atoms with Crippen LogP contribution in [0.15, 0.2) is 36.4 Å². The number of rotatable bonds is 2. The molecule has 0 aromatic heterocycles. The van der Waals surface area contributed by atoms with Crippen LogP contribution in [0.3, 0.4) is 0 Å². The van der Waals surface area contributed by atoms with Gasteiger partial charge in [-0.25, -0.2) is 4.39 Å². The van der Waals surface area contributed by atoms with E-state index >= 15 is 0 Å². The summed E-state index contributed by atoms with van der Waals surface area (Å²) in [7, 11) is 0. The molecule has 17 heavy (non-hydrogen) atoms. The number of hydrogen-bond acceptors (Lipinski definition) is 1. The molecule has 0 fully saturated rings. The van der Waals surface area contributed by atoms with Crippen LogP contribution >= 0.6 is 11.6 Å². The summed E-state index contributed by atoms with van der Waals surface area (Å²) in [6, 6.07) is 10.2. The summed E-state index contributed by atoms with van der Waals surface area (Å²) in [4.78, 5) is 0. The highest BCUT2D eigenvalue weighted by Crippen LogP contribution is 2.31. The highest BCUT2D eigenvalue weighted by Gasteiger charge is 2.09. The van der Waals surface area contributed by atoms with Gasteiger partial charge in [-0.1, -0.05) is 35.4 Å². The topological polar surface area (TPSA) is 26.0 Å². The largest absolute Gasteiger partial charge is 0.326 e. The Hall–Kier alpha value is -1.38. The second-order valence-corrected chi connectivity index (χ2v) is 4.40. The first kappa shape index (κ1) is 12.1. The molecule has 0 bridgehead atoms. The molecule has 0 saturated carbocycles. The number of halogens is 2. The van der Waals surface area contributed by atoms with Gasteiger partial charge in [-0.3, -0.25) is 0 Å². The summed E-state index contributed by atoms with van der Waals surface area (Å²) in [5.41, 5.74) is 9.38. The second-order valence-electron chi connectivity index (χ2n) is 3.99. The lowest BCUT2D eigenvalue weighted by Gasteiger charge is -2.11. The summed E-state index contributed by atoms with van der Waals surface area (Å²) in [6.45, 7) is 2.40. The standard InChI is InChI=1S/C14H13ClFN/c1-9-2-4-12(10(6-9)8-17)13-7-11(16)3-5-14(13)15/h2-7H,8,17H2,1H3. The molecule has 0 aliphatic rings. The van der Waals surface area contributed by atoms with Crippen molar-refractivity contribution in [2.75, 3.05) is 0 Å². The van der Waals surface area contributed by atoms with E-state index in [1.807, 2.05) is 25.1 Å². The molecule has 0 spiro atoms. The van der Waals surface area contributed by atoms with Crippen molar-refractivity contribution in [1.82, 2.24) is 0 Å². The Balaban J connectivity index is 2.63. The summed E-state index contributed by atoms with van der Waals surface area (Å²) >= 11 is 6.09. The van der Waals surface area contributed by atoms with E-state index in [0.29, 0.717) is 17.1 Å². The van der Waals surface area contributed by atoms with Crippen molar-refractivity contribution in [3.05, 3.63) is 58.4 Å². The Morgan fingerprint density at radius 1 is 1.12 bits per heavy atom. The molecule has 2 aromatic carbocycles. The zero-order chi connectivity index (χ0) is 12.4. The zero-order valence-electron chi connectivity index (χ0n) is 9.50. The van der Waals surface area contributed by atoms with Gasteiger partial charge in [0.15, 0.2) is 0 Å². The fourth-order valence-electron chi connectivity index (χ4n) is 1.86. The number of hydrogen-bond donors (Lipinski definition) is 1. The van der Waals surface area contributed by atoms with Gasteiger partial charge in [0, 0.05) is 17.1 Å². The lowest BCUT2D eigenvalue weighted by Crippen LogP contribution is -2.00. The SMILES string of the molecule is Cc1ccc(-c2cc(F)ccc2Cl)c(CN)c1. The highest BCUT2D eigenvalue weighted by atomic mass is 35.5. The number of nitrogens with two attached hydrogens (primary N) is 1. The third-order valence-corrected chi connectivity index (χ3v) is 3.03. The minimum atomic E-state index is -0.298. The van der Waals surface area contributed by atoms with E-state index in [0.717, 1.165) is 16.7 Å². The molecule has 3 heteroatoms. The molecule has 1 nitrogen and oxygen atoms in total. The molecule has 0 unspecified atom stereocenters. The monoisotopic (exact) mass is 249 g/mol. The average Bonchev–Trinajstić information content (AvgIpc) is 2.32. The van der Waals surface area contributed by atoms with E-state index in [1.165, 1.54) is 12.1 Å². The lowest BCUT2D eigenvalue weighted by atomic mass is 9.97. The van der Waals surface area contributed by atoms with Crippen LogP contribution < -0.4 is 5.73 Å². The Morgan fingerprint density at radius 3 is 2.59 bits per heavy atom. The van der Waals surface area contributed by atoms with Crippen molar-refractivity contribution in [3.8, 4) is 11.1 Å². The minimum absolute atomic E-state index is 0.298. The molecule has 0 saturated heterocycles. The van der Waals surface area contributed by atoms with Crippen molar-refractivity contribution >= 4 is 11.6 Å². The Morgan fingerprint density at radius 2 is 1.88 bits per heavy atom. The van der Waals surface area contributed by atoms with E-state index in [2.05, 4.69) is 0 Å². The van der Waals surface area contributed by atoms with E-state index in [4.69, 9.17) is 17.3 Å². The third kappa shape index (κ3) is 2.48. The van der Waals surface area contributed by atoms with Crippen LogP contribution in [0.4, 0.5) is 4.39 Å². The molecule has 0 amide bonds. The predicted octanol–water partition coefficient (Wildman–Crippen LogP) is 3.91. The maximum Gasteiger partial charge on any atom is 0.123 e. The van der Waals surface area contributed by atoms with Crippen LogP contribution in [-0.2, 0) is 6.54 Å². The van der Waals surface area contributed by atoms with Crippen molar-refractivity contribution in [3.63, 3.8) is 0 Å². The first-order valence-corrected chi connectivity index (χ1v) is 5.74. The summed E-state index contributed by atoms with van der Waals surface area (Å²) in [6.07, 6.45) is 0. The van der Waals surface area contributed by atoms with Gasteiger partial charge in [0.05, 0.1) is 0 Å². The molecule has 0 aliphatic carbocycles. The van der Waals surface area contributed by atoms with Gasteiger partial charge in [-0.05, 0) is 36.2 Å². The quantitative estimate of drug-likeness (QED) is 0.858. The van der Waals surface area contributed by atoms with Crippen LogP contribution in [0.25, 0.3) is 11.1 Å². The number of aryl methyl sites for hydroxylation is 1. The zero-order valence-corrected chi connectivity index (χ0v) is 10.3. The maximum atomic E-state index is 13.3. The molecular weight excluding hydrogens is 237 g/mol. The third-order valence-electron chi connectivity index (χ3n) is 2.70. The van der Waals surface area contributed by atoms with Gasteiger partial charge in [-0.15, -0.1) is 0 Å². The molecule has 88 valence electrons. The molecule has 2 rings (SSSR count). The normalized spacial score (nSPS) is 10.6. The van der Waals surface area contributed by atoms with Gasteiger partial charge >= 0.3 is 0 Å². The van der Waals surface area contributed by atoms with Gasteiger partial charge in [-0.2, -0.15) is 0 Å². The van der Waals surface area contributed by atoms with E-state index in [9.17, 15) is 4.39 Å². The van der Waals surface area contributed by atoms with Gasteiger partial charge in [0.2, 0.25) is 0 Å².